The quantitative estimate of drug-likeness (QED) is 0.470. The Labute approximate surface area is 76.4 Å². The molecule has 0 bridgehead atoms. The Bertz CT molecular complexity index is 149. The molecule has 0 amide bonds. The molecular weight excluding hydrogens is 144 g/mol. The molecule has 1 aliphatic rings. The Balaban J connectivity index is 2.31. The average molecular weight is 164 g/mol. The first-order chi connectivity index (χ1) is 5.93. The van der Waals surface area contributed by atoms with Gasteiger partial charge in [0.2, 0.25) is 0 Å². The van der Waals surface area contributed by atoms with Crippen molar-refractivity contribution in [2.75, 3.05) is 0 Å². The molecule has 68 valence electrons. The van der Waals surface area contributed by atoms with Crippen LogP contribution in [0.5, 0.6) is 0 Å². The lowest BCUT2D eigenvalue weighted by Gasteiger charge is -2.08. The maximum atomic E-state index is 3.75. The highest BCUT2D eigenvalue weighted by atomic mass is 14.1. The van der Waals surface area contributed by atoms with E-state index in [-0.39, 0.29) is 0 Å². The second-order valence-electron chi connectivity index (χ2n) is 3.76. The van der Waals surface area contributed by atoms with Crippen LogP contribution in [0.2, 0.25) is 0 Å². The highest BCUT2D eigenvalue weighted by molar-refractivity contribution is 4.98. The molecule has 1 fully saturated rings. The number of rotatable bonds is 0. The van der Waals surface area contributed by atoms with Gasteiger partial charge in [0.25, 0.3) is 0 Å². The summed E-state index contributed by atoms with van der Waals surface area (Å²) in [6, 6.07) is 0. The van der Waals surface area contributed by atoms with E-state index in [2.05, 4.69) is 12.3 Å². The van der Waals surface area contributed by atoms with E-state index in [1.807, 2.05) is 0 Å². The lowest BCUT2D eigenvalue weighted by molar-refractivity contribution is 0.551. The van der Waals surface area contributed by atoms with Gasteiger partial charge in [0.15, 0.2) is 0 Å². The normalized spacial score (nSPS) is 21.5. The summed E-state index contributed by atoms with van der Waals surface area (Å²) in [4.78, 5) is 0. The zero-order valence-corrected chi connectivity index (χ0v) is 8.07. The topological polar surface area (TPSA) is 0 Å². The Morgan fingerprint density at radius 1 is 0.750 bits per heavy atom. The molecule has 0 aromatic rings. The minimum absolute atomic E-state index is 1.25. The summed E-state index contributed by atoms with van der Waals surface area (Å²) >= 11 is 0. The van der Waals surface area contributed by atoms with Crippen LogP contribution in [0, 0.1) is 0 Å². The predicted octanol–water partition coefficient (Wildman–Crippen LogP) is 4.22. The van der Waals surface area contributed by atoms with Crippen molar-refractivity contribution in [3.63, 3.8) is 0 Å². The van der Waals surface area contributed by atoms with Gasteiger partial charge in [-0.2, -0.15) is 0 Å². The van der Waals surface area contributed by atoms with E-state index in [0.29, 0.717) is 0 Å². The summed E-state index contributed by atoms with van der Waals surface area (Å²) in [6.07, 6.45) is 12.4. The van der Waals surface area contributed by atoms with Gasteiger partial charge in [0.05, 0.1) is 0 Å². The fraction of sp³-hybridized carbons (Fsp3) is 0.750. The van der Waals surface area contributed by atoms with Gasteiger partial charge in [-0.3, -0.25) is 0 Å². The molecule has 12 heavy (non-hydrogen) atoms. The van der Waals surface area contributed by atoms with Crippen molar-refractivity contribution >= 4 is 0 Å². The van der Waals surface area contributed by atoms with Gasteiger partial charge in [-0.15, -0.1) is 5.73 Å². The molecule has 1 aliphatic carbocycles. The molecule has 0 aromatic heterocycles. The van der Waals surface area contributed by atoms with Crippen molar-refractivity contribution in [1.29, 1.82) is 0 Å². The van der Waals surface area contributed by atoms with Gasteiger partial charge >= 0.3 is 0 Å². The van der Waals surface area contributed by atoms with E-state index in [0.717, 1.165) is 0 Å². The lowest BCUT2D eigenvalue weighted by atomic mass is 9.98. The number of hydrogen-bond acceptors (Lipinski definition) is 0. The second kappa shape index (κ2) is 6.08. The molecule has 1 saturated carbocycles. The van der Waals surface area contributed by atoms with Crippen molar-refractivity contribution in [2.45, 2.75) is 57.8 Å². The summed E-state index contributed by atoms with van der Waals surface area (Å²) in [5.74, 6) is 0. The van der Waals surface area contributed by atoms with Crippen molar-refractivity contribution in [3.8, 4) is 0 Å². The number of hydrogen-bond donors (Lipinski definition) is 0. The van der Waals surface area contributed by atoms with E-state index in [9.17, 15) is 0 Å². The summed E-state index contributed by atoms with van der Waals surface area (Å²) in [7, 11) is 0. The summed E-state index contributed by atoms with van der Waals surface area (Å²) in [5.41, 5.74) is 4.56. The van der Waals surface area contributed by atoms with Gasteiger partial charge in [-0.05, 0) is 31.3 Å². The fourth-order valence-electron chi connectivity index (χ4n) is 1.86. The Morgan fingerprint density at radius 2 is 1.17 bits per heavy atom. The van der Waals surface area contributed by atoms with Crippen LogP contribution in [0.15, 0.2) is 17.9 Å². The molecule has 0 spiro atoms. The standard InChI is InChI=1S/C12H20/c1-2-12-10-8-6-4-3-5-7-9-11-12/h1,3-11H2. The highest BCUT2D eigenvalue weighted by Gasteiger charge is 2.00. The van der Waals surface area contributed by atoms with Gasteiger partial charge in [-0.25, -0.2) is 0 Å². The predicted molar refractivity (Wildman–Crippen MR) is 54.2 cm³/mol. The summed E-state index contributed by atoms with van der Waals surface area (Å²) in [5, 5.41) is 0. The first-order valence-corrected chi connectivity index (χ1v) is 5.31. The third-order valence-corrected chi connectivity index (χ3v) is 2.71. The van der Waals surface area contributed by atoms with E-state index < -0.39 is 0 Å². The van der Waals surface area contributed by atoms with Gasteiger partial charge in [0, 0.05) is 0 Å². The molecule has 0 aliphatic heterocycles. The highest BCUT2D eigenvalue weighted by Crippen LogP contribution is 2.19. The molecule has 0 atom stereocenters. The third kappa shape index (κ3) is 3.78. The minimum Gasteiger partial charge on any atom is -0.130 e. The molecule has 0 saturated heterocycles. The maximum absolute atomic E-state index is 3.75. The molecule has 1 rings (SSSR count). The molecule has 0 nitrogen and oxygen atoms in total. The van der Waals surface area contributed by atoms with Crippen molar-refractivity contribution < 1.29 is 0 Å². The Hall–Kier alpha value is -0.480. The Morgan fingerprint density at radius 3 is 1.58 bits per heavy atom. The first-order valence-electron chi connectivity index (χ1n) is 5.31. The van der Waals surface area contributed by atoms with Crippen LogP contribution in [0.1, 0.15) is 57.8 Å². The van der Waals surface area contributed by atoms with E-state index in [4.69, 9.17) is 0 Å². The van der Waals surface area contributed by atoms with Crippen LogP contribution >= 0.6 is 0 Å². The van der Waals surface area contributed by atoms with Crippen LogP contribution in [0.4, 0.5) is 0 Å². The monoisotopic (exact) mass is 164 g/mol. The minimum atomic E-state index is 1.25. The molecular formula is C12H20. The van der Waals surface area contributed by atoms with Gasteiger partial charge in [-0.1, -0.05) is 38.7 Å². The maximum Gasteiger partial charge on any atom is -0.0244 e. The van der Waals surface area contributed by atoms with Gasteiger partial charge < -0.3 is 0 Å². The molecule has 0 radical (unpaired) electrons. The lowest BCUT2D eigenvalue weighted by Crippen LogP contribution is -1.89. The van der Waals surface area contributed by atoms with Crippen LogP contribution in [0.3, 0.4) is 0 Å². The first kappa shape index (κ1) is 9.61. The average Bonchev–Trinajstić information content (AvgIpc) is 2.14. The van der Waals surface area contributed by atoms with Gasteiger partial charge in [0.1, 0.15) is 0 Å². The molecule has 0 aromatic carbocycles. The van der Waals surface area contributed by atoms with Crippen LogP contribution in [-0.2, 0) is 0 Å². The van der Waals surface area contributed by atoms with Crippen LogP contribution in [0.25, 0.3) is 0 Å². The summed E-state index contributed by atoms with van der Waals surface area (Å²) < 4.78 is 0. The van der Waals surface area contributed by atoms with E-state index in [1.54, 1.807) is 0 Å². The third-order valence-electron chi connectivity index (χ3n) is 2.71. The largest absolute Gasteiger partial charge is 0.130 e. The van der Waals surface area contributed by atoms with Crippen molar-refractivity contribution in [2.24, 2.45) is 0 Å². The zero-order chi connectivity index (χ0) is 8.65. The smallest absolute Gasteiger partial charge is 0.0244 e. The zero-order valence-electron chi connectivity index (χ0n) is 8.07. The van der Waals surface area contributed by atoms with Crippen LogP contribution < -0.4 is 0 Å². The van der Waals surface area contributed by atoms with Crippen molar-refractivity contribution in [3.05, 3.63) is 17.9 Å². The summed E-state index contributed by atoms with van der Waals surface area (Å²) in [6.45, 7) is 3.75. The van der Waals surface area contributed by atoms with Crippen LogP contribution in [-0.4, -0.2) is 0 Å². The molecule has 0 unspecified atom stereocenters. The molecule has 0 N–H and O–H groups in total. The Kier molecular flexibility index (Phi) is 4.87. The molecule has 0 heteroatoms. The van der Waals surface area contributed by atoms with E-state index in [1.165, 1.54) is 63.4 Å². The molecule has 0 heterocycles. The SMILES string of the molecule is C=C=C1CCCCCCCCC1. The number of allylic oxidation sites excluding steroid dienone is 1. The van der Waals surface area contributed by atoms with E-state index >= 15 is 0 Å². The van der Waals surface area contributed by atoms with Crippen molar-refractivity contribution in [1.82, 2.24) is 0 Å². The second-order valence-corrected chi connectivity index (χ2v) is 3.76. The fourth-order valence-corrected chi connectivity index (χ4v) is 1.86.